The molecule has 0 amide bonds. The smallest absolute Gasteiger partial charge is 0.184 e. The first kappa shape index (κ1) is 14.6. The average molecular weight is 302 g/mol. The quantitative estimate of drug-likeness (QED) is 0.346. The molecule has 0 spiro atoms. The minimum atomic E-state index is -1.25. The third-order valence-corrected chi connectivity index (χ3v) is 5.27. The van der Waals surface area contributed by atoms with Crippen molar-refractivity contribution in [2.75, 3.05) is 0 Å². The van der Waals surface area contributed by atoms with E-state index in [4.69, 9.17) is 22.2 Å². The van der Waals surface area contributed by atoms with Gasteiger partial charge in [-0.05, 0) is 36.9 Å². The summed E-state index contributed by atoms with van der Waals surface area (Å²) in [5.74, 6) is -0.268. The highest BCUT2D eigenvalue weighted by Crippen LogP contribution is 2.30. The molecule has 0 aliphatic heterocycles. The van der Waals surface area contributed by atoms with Gasteiger partial charge >= 0.3 is 0 Å². The fourth-order valence-electron chi connectivity index (χ4n) is 2.27. The van der Waals surface area contributed by atoms with Crippen LogP contribution in [0.2, 0.25) is 5.02 Å². The van der Waals surface area contributed by atoms with E-state index in [1.54, 1.807) is 11.5 Å². The largest absolute Gasteiger partial charge is 0.611 e. The van der Waals surface area contributed by atoms with Crippen LogP contribution < -0.4 is 5.48 Å². The first-order valence-corrected chi connectivity index (χ1v) is 7.77. The van der Waals surface area contributed by atoms with Gasteiger partial charge in [0.25, 0.3) is 0 Å². The van der Waals surface area contributed by atoms with Crippen LogP contribution in [0.5, 0.6) is 0 Å². The van der Waals surface area contributed by atoms with E-state index >= 15 is 0 Å². The Morgan fingerprint density at radius 1 is 1.47 bits per heavy atom. The molecule has 0 saturated heterocycles. The molecule has 1 atom stereocenters. The Bertz CT molecular complexity index is 466. The molecule has 104 valence electrons. The SMILES string of the molecule is N=C(NO)c1ncc(Cl)cc1[S+]([O-])C1CCCCC1. The summed E-state index contributed by atoms with van der Waals surface area (Å²) in [5, 5.41) is 16.9. The molecule has 1 aromatic heterocycles. The lowest BCUT2D eigenvalue weighted by Crippen LogP contribution is -2.28. The lowest BCUT2D eigenvalue weighted by Gasteiger charge is -2.25. The maximum Gasteiger partial charge on any atom is 0.184 e. The first-order valence-electron chi connectivity index (χ1n) is 6.18. The molecular formula is C12H16ClN3O2S. The molecule has 7 heteroatoms. The van der Waals surface area contributed by atoms with E-state index in [1.165, 1.54) is 12.6 Å². The Morgan fingerprint density at radius 2 is 2.16 bits per heavy atom. The second kappa shape index (κ2) is 6.56. The predicted octanol–water partition coefficient (Wildman–Crippen LogP) is 2.48. The van der Waals surface area contributed by atoms with Gasteiger partial charge in [-0.2, -0.15) is 0 Å². The van der Waals surface area contributed by atoms with Crippen LogP contribution in [0.3, 0.4) is 0 Å². The fraction of sp³-hybridized carbons (Fsp3) is 0.500. The number of nitrogens with zero attached hydrogens (tertiary/aromatic N) is 1. The molecule has 1 aliphatic carbocycles. The molecule has 1 fully saturated rings. The van der Waals surface area contributed by atoms with E-state index < -0.39 is 11.2 Å². The molecule has 3 N–H and O–H groups in total. The summed E-state index contributed by atoms with van der Waals surface area (Å²) in [6.07, 6.45) is 6.55. The number of hydrogen-bond donors (Lipinski definition) is 3. The van der Waals surface area contributed by atoms with Crippen LogP contribution in [0.15, 0.2) is 17.2 Å². The molecule has 1 aromatic rings. The van der Waals surface area contributed by atoms with Gasteiger partial charge in [0.1, 0.15) is 5.25 Å². The maximum absolute atomic E-state index is 12.6. The van der Waals surface area contributed by atoms with Crippen molar-refractivity contribution >= 4 is 28.6 Å². The molecule has 1 saturated carbocycles. The second-order valence-electron chi connectivity index (χ2n) is 4.54. The highest BCUT2D eigenvalue weighted by Gasteiger charge is 2.30. The van der Waals surface area contributed by atoms with Crippen LogP contribution in [-0.4, -0.2) is 25.8 Å². The Hall–Kier alpha value is -0.820. The Morgan fingerprint density at radius 3 is 2.79 bits per heavy atom. The topological polar surface area (TPSA) is 92.1 Å². The zero-order chi connectivity index (χ0) is 13.8. The van der Waals surface area contributed by atoms with Gasteiger partial charge in [-0.25, -0.2) is 4.98 Å². The summed E-state index contributed by atoms with van der Waals surface area (Å²) < 4.78 is 12.6. The third kappa shape index (κ3) is 3.39. The number of rotatable bonds is 3. The fourth-order valence-corrected chi connectivity index (χ4v) is 4.21. The van der Waals surface area contributed by atoms with Crippen LogP contribution in [0.25, 0.3) is 0 Å². The van der Waals surface area contributed by atoms with E-state index in [-0.39, 0.29) is 16.8 Å². The van der Waals surface area contributed by atoms with Gasteiger partial charge in [-0.15, -0.1) is 0 Å². The van der Waals surface area contributed by atoms with Gasteiger partial charge < -0.3 is 4.55 Å². The summed E-state index contributed by atoms with van der Waals surface area (Å²) in [5.41, 5.74) is 1.93. The second-order valence-corrected chi connectivity index (χ2v) is 6.68. The number of hydroxylamine groups is 1. The first-order chi connectivity index (χ1) is 9.13. The number of hydrogen-bond acceptors (Lipinski definition) is 4. The molecule has 0 aromatic carbocycles. The average Bonchev–Trinajstić information content (AvgIpc) is 2.46. The van der Waals surface area contributed by atoms with Gasteiger partial charge in [0.05, 0.1) is 5.02 Å². The summed E-state index contributed by atoms with van der Waals surface area (Å²) in [4.78, 5) is 4.42. The van der Waals surface area contributed by atoms with Crippen LogP contribution >= 0.6 is 11.6 Å². The highest BCUT2D eigenvalue weighted by molar-refractivity contribution is 7.92. The lowest BCUT2D eigenvalue weighted by atomic mass is 10.0. The standard InChI is InChI=1S/C12H16ClN3O2S/c13-8-6-10(11(15-7-8)12(14)16-17)19(18)9-4-2-1-3-5-9/h6-7,9,17H,1-5H2,(H2,14,16). The molecule has 0 bridgehead atoms. The molecule has 1 unspecified atom stereocenters. The summed E-state index contributed by atoms with van der Waals surface area (Å²) >= 11 is 4.64. The van der Waals surface area contributed by atoms with E-state index in [9.17, 15) is 4.55 Å². The maximum atomic E-state index is 12.6. The normalized spacial score (nSPS) is 18.1. The van der Waals surface area contributed by atoms with Gasteiger partial charge in [0.15, 0.2) is 16.4 Å². The van der Waals surface area contributed by atoms with Crippen molar-refractivity contribution in [3.8, 4) is 0 Å². The minimum absolute atomic E-state index is 0.0826. The van der Waals surface area contributed by atoms with Gasteiger partial charge in [0, 0.05) is 12.3 Å². The molecule has 19 heavy (non-hydrogen) atoms. The number of nitrogens with one attached hydrogen (secondary N) is 2. The van der Waals surface area contributed by atoms with Crippen LogP contribution in [0.1, 0.15) is 37.8 Å². The molecule has 2 rings (SSSR count). The molecular weight excluding hydrogens is 286 g/mol. The predicted molar refractivity (Wildman–Crippen MR) is 74.3 cm³/mol. The van der Waals surface area contributed by atoms with Crippen LogP contribution in [0, 0.1) is 5.41 Å². The highest BCUT2D eigenvalue weighted by atomic mass is 35.5. The van der Waals surface area contributed by atoms with E-state index in [0.29, 0.717) is 9.92 Å². The van der Waals surface area contributed by atoms with Crippen molar-refractivity contribution in [2.45, 2.75) is 42.2 Å². The molecule has 0 radical (unpaired) electrons. The number of pyridine rings is 1. The Balaban J connectivity index is 2.30. The van der Waals surface area contributed by atoms with Crippen LogP contribution in [0.4, 0.5) is 0 Å². The summed E-state index contributed by atoms with van der Waals surface area (Å²) in [6, 6.07) is 1.57. The van der Waals surface area contributed by atoms with Crippen molar-refractivity contribution in [3.63, 3.8) is 0 Å². The number of halogens is 1. The summed E-state index contributed by atoms with van der Waals surface area (Å²) in [7, 11) is 0. The van der Waals surface area contributed by atoms with Crippen molar-refractivity contribution in [1.29, 1.82) is 5.41 Å². The molecule has 5 nitrogen and oxygen atoms in total. The van der Waals surface area contributed by atoms with E-state index in [1.807, 2.05) is 0 Å². The van der Waals surface area contributed by atoms with E-state index in [0.717, 1.165) is 25.7 Å². The van der Waals surface area contributed by atoms with Gasteiger partial charge in [0.2, 0.25) is 0 Å². The molecule has 1 heterocycles. The van der Waals surface area contributed by atoms with Gasteiger partial charge in [-0.3, -0.25) is 16.1 Å². The zero-order valence-electron chi connectivity index (χ0n) is 10.4. The Kier molecular flexibility index (Phi) is 5.04. The monoisotopic (exact) mass is 301 g/mol. The lowest BCUT2D eigenvalue weighted by molar-refractivity contribution is 0.233. The zero-order valence-corrected chi connectivity index (χ0v) is 11.9. The van der Waals surface area contributed by atoms with Gasteiger partial charge in [-0.1, -0.05) is 18.0 Å². The van der Waals surface area contributed by atoms with Crippen molar-refractivity contribution in [3.05, 3.63) is 23.0 Å². The number of aromatic nitrogens is 1. The third-order valence-electron chi connectivity index (χ3n) is 3.24. The van der Waals surface area contributed by atoms with Crippen molar-refractivity contribution < 1.29 is 9.76 Å². The minimum Gasteiger partial charge on any atom is -0.611 e. The van der Waals surface area contributed by atoms with Crippen molar-refractivity contribution in [2.24, 2.45) is 0 Å². The van der Waals surface area contributed by atoms with Crippen LogP contribution in [-0.2, 0) is 11.2 Å². The Labute approximate surface area is 120 Å². The van der Waals surface area contributed by atoms with Crippen molar-refractivity contribution in [1.82, 2.24) is 10.5 Å². The summed E-state index contributed by atoms with van der Waals surface area (Å²) in [6.45, 7) is 0. The number of amidine groups is 1. The van der Waals surface area contributed by atoms with E-state index in [2.05, 4.69) is 4.98 Å². The molecule has 1 aliphatic rings.